The standard InChI is InChI=1S/C20H18F2N2O2.Mo/c1-12(25)16-7-4-8-23-20(16)24-19-17(21)10-14(11-18(19)22)13-5-3-6-15(9-13)26-2;/h3-11,17,19H,1-2H3,(H,23,24);. The number of ether oxygens (including phenoxy) is 1. The SMILES string of the molecule is COc1cccc(C2=CC(F)C(Nc3ncccc3C(C)=O)C(F)=C2)c1.[Mo]. The summed E-state index contributed by atoms with van der Waals surface area (Å²) in [4.78, 5) is 15.7. The summed E-state index contributed by atoms with van der Waals surface area (Å²) in [6.07, 6.45) is 2.46. The molecule has 140 valence electrons. The van der Waals surface area contributed by atoms with Gasteiger partial charge in [-0.2, -0.15) is 0 Å². The molecule has 0 saturated carbocycles. The molecule has 7 heteroatoms. The fourth-order valence-electron chi connectivity index (χ4n) is 2.79. The summed E-state index contributed by atoms with van der Waals surface area (Å²) in [5.74, 6) is -0.135. The molecule has 1 aliphatic carbocycles. The summed E-state index contributed by atoms with van der Waals surface area (Å²) in [5.41, 5.74) is 1.37. The second-order valence-corrected chi connectivity index (χ2v) is 5.91. The fraction of sp³-hybridized carbons (Fsp3) is 0.200. The van der Waals surface area contributed by atoms with Gasteiger partial charge in [-0.05, 0) is 54.5 Å². The number of anilines is 1. The number of nitrogens with one attached hydrogen (secondary N) is 1. The maximum atomic E-state index is 14.7. The van der Waals surface area contributed by atoms with Crippen molar-refractivity contribution in [3.05, 3.63) is 71.7 Å². The zero-order valence-corrected chi connectivity index (χ0v) is 16.8. The third-order valence-corrected chi connectivity index (χ3v) is 4.13. The normalized spacial score (nSPS) is 18.7. The first kappa shape index (κ1) is 21.0. The molecule has 0 fully saturated rings. The third-order valence-electron chi connectivity index (χ3n) is 4.13. The van der Waals surface area contributed by atoms with Crippen molar-refractivity contribution in [2.24, 2.45) is 0 Å². The number of nitrogens with zero attached hydrogens (tertiary/aromatic N) is 1. The van der Waals surface area contributed by atoms with Crippen molar-refractivity contribution in [2.45, 2.75) is 19.1 Å². The van der Waals surface area contributed by atoms with Crippen molar-refractivity contribution in [1.82, 2.24) is 4.98 Å². The molecular formula is C20H18F2MoN2O2. The van der Waals surface area contributed by atoms with Crippen LogP contribution in [0.25, 0.3) is 5.57 Å². The number of methoxy groups -OCH3 is 1. The Kier molecular flexibility index (Phi) is 7.03. The molecule has 27 heavy (non-hydrogen) atoms. The van der Waals surface area contributed by atoms with Crippen LogP contribution in [-0.2, 0) is 21.1 Å². The third kappa shape index (κ3) is 4.69. The number of hydrogen-bond acceptors (Lipinski definition) is 4. The Balaban J connectivity index is 0.00000261. The van der Waals surface area contributed by atoms with Crippen LogP contribution in [0, 0.1) is 0 Å². The number of alkyl halides is 1. The van der Waals surface area contributed by atoms with E-state index < -0.39 is 18.0 Å². The smallest absolute Gasteiger partial charge is 0.163 e. The van der Waals surface area contributed by atoms with Crippen LogP contribution in [-0.4, -0.2) is 30.1 Å². The predicted molar refractivity (Wildman–Crippen MR) is 96.7 cm³/mol. The van der Waals surface area contributed by atoms with Crippen molar-refractivity contribution in [3.63, 3.8) is 0 Å². The minimum atomic E-state index is -1.62. The van der Waals surface area contributed by atoms with Crippen LogP contribution in [0.2, 0.25) is 0 Å². The first-order valence-corrected chi connectivity index (χ1v) is 8.09. The van der Waals surface area contributed by atoms with Crippen LogP contribution < -0.4 is 10.1 Å². The van der Waals surface area contributed by atoms with Gasteiger partial charge in [-0.3, -0.25) is 4.79 Å². The largest absolute Gasteiger partial charge is 0.497 e. The van der Waals surface area contributed by atoms with Crippen molar-refractivity contribution < 1.29 is 39.4 Å². The van der Waals surface area contributed by atoms with E-state index in [0.29, 0.717) is 16.9 Å². The van der Waals surface area contributed by atoms with E-state index in [9.17, 15) is 13.6 Å². The molecule has 1 heterocycles. The molecule has 0 saturated heterocycles. The number of ketones is 1. The molecule has 1 aromatic heterocycles. The van der Waals surface area contributed by atoms with Crippen molar-refractivity contribution in [3.8, 4) is 5.75 Å². The van der Waals surface area contributed by atoms with E-state index >= 15 is 0 Å². The Labute approximate surface area is 170 Å². The van der Waals surface area contributed by atoms with Crippen LogP contribution in [0.5, 0.6) is 5.75 Å². The molecule has 1 aliphatic rings. The number of carbonyl (C=O) groups excluding carboxylic acids is 1. The molecule has 0 aliphatic heterocycles. The molecule has 3 rings (SSSR count). The van der Waals surface area contributed by atoms with E-state index in [1.165, 1.54) is 32.4 Å². The number of allylic oxidation sites excluding steroid dienone is 2. The van der Waals surface area contributed by atoms with Gasteiger partial charge in [-0.1, -0.05) is 12.1 Å². The predicted octanol–water partition coefficient (Wildman–Crippen LogP) is 4.36. The Morgan fingerprint density at radius 3 is 2.70 bits per heavy atom. The monoisotopic (exact) mass is 454 g/mol. The average Bonchev–Trinajstić information content (AvgIpc) is 2.64. The molecule has 1 aromatic carbocycles. The number of aromatic nitrogens is 1. The number of hydrogen-bond donors (Lipinski definition) is 1. The molecule has 2 aromatic rings. The second kappa shape index (κ2) is 9.05. The molecule has 0 bridgehead atoms. The number of benzene rings is 1. The Morgan fingerprint density at radius 1 is 1.26 bits per heavy atom. The van der Waals surface area contributed by atoms with Gasteiger partial charge >= 0.3 is 0 Å². The van der Waals surface area contributed by atoms with Crippen LogP contribution in [0.15, 0.2) is 60.6 Å². The van der Waals surface area contributed by atoms with E-state index in [4.69, 9.17) is 4.74 Å². The van der Waals surface area contributed by atoms with Crippen LogP contribution in [0.1, 0.15) is 22.8 Å². The Hall–Kier alpha value is -2.33. The maximum absolute atomic E-state index is 14.7. The molecule has 2 unspecified atom stereocenters. The van der Waals surface area contributed by atoms with Gasteiger partial charge < -0.3 is 10.1 Å². The zero-order chi connectivity index (χ0) is 18.7. The maximum Gasteiger partial charge on any atom is 0.163 e. The van der Waals surface area contributed by atoms with E-state index in [2.05, 4.69) is 10.3 Å². The zero-order valence-electron chi connectivity index (χ0n) is 14.8. The van der Waals surface area contributed by atoms with Gasteiger partial charge in [-0.25, -0.2) is 13.8 Å². The van der Waals surface area contributed by atoms with Gasteiger partial charge in [0.1, 0.15) is 29.6 Å². The van der Waals surface area contributed by atoms with Crippen molar-refractivity contribution in [2.75, 3.05) is 12.4 Å². The van der Waals surface area contributed by atoms with Gasteiger partial charge in [-0.15, -0.1) is 0 Å². The summed E-state index contributed by atoms with van der Waals surface area (Å²) in [7, 11) is 1.53. The Bertz CT molecular complexity index is 899. The van der Waals surface area contributed by atoms with Gasteiger partial charge in [0.2, 0.25) is 0 Å². The number of Topliss-reactive ketones (excluding diaryl/α,β-unsaturated/α-hetero) is 1. The van der Waals surface area contributed by atoms with E-state index in [0.717, 1.165) is 0 Å². The minimum Gasteiger partial charge on any atom is -0.497 e. The Morgan fingerprint density at radius 2 is 2.04 bits per heavy atom. The van der Waals surface area contributed by atoms with Gasteiger partial charge in [0.15, 0.2) is 5.78 Å². The number of carbonyl (C=O) groups is 1. The molecule has 0 radical (unpaired) electrons. The molecular weight excluding hydrogens is 434 g/mol. The summed E-state index contributed by atoms with van der Waals surface area (Å²) in [6, 6.07) is 8.90. The molecule has 0 spiro atoms. The summed E-state index contributed by atoms with van der Waals surface area (Å²) in [6.45, 7) is 1.38. The van der Waals surface area contributed by atoms with Crippen molar-refractivity contribution in [1.29, 1.82) is 0 Å². The first-order valence-electron chi connectivity index (χ1n) is 8.09. The topological polar surface area (TPSA) is 51.2 Å². The number of halogens is 2. The quantitative estimate of drug-likeness (QED) is 0.541. The summed E-state index contributed by atoms with van der Waals surface area (Å²) < 4.78 is 34.4. The molecule has 1 N–H and O–H groups in total. The molecule has 0 amide bonds. The van der Waals surface area contributed by atoms with Crippen LogP contribution in [0.3, 0.4) is 0 Å². The van der Waals surface area contributed by atoms with Crippen LogP contribution >= 0.6 is 0 Å². The van der Waals surface area contributed by atoms with Gasteiger partial charge in [0, 0.05) is 27.3 Å². The van der Waals surface area contributed by atoms with Gasteiger partial charge in [0.05, 0.1) is 12.7 Å². The molecule has 4 nitrogen and oxygen atoms in total. The summed E-state index contributed by atoms with van der Waals surface area (Å²) >= 11 is 0. The van der Waals surface area contributed by atoms with E-state index in [1.54, 1.807) is 36.4 Å². The van der Waals surface area contributed by atoms with Crippen molar-refractivity contribution >= 4 is 17.2 Å². The van der Waals surface area contributed by atoms with Gasteiger partial charge in [0.25, 0.3) is 0 Å². The number of pyridine rings is 1. The van der Waals surface area contributed by atoms with E-state index in [1.807, 2.05) is 0 Å². The van der Waals surface area contributed by atoms with E-state index in [-0.39, 0.29) is 38.2 Å². The van der Waals surface area contributed by atoms with Crippen LogP contribution in [0.4, 0.5) is 14.6 Å². The first-order chi connectivity index (χ1) is 12.5. The average molecular weight is 452 g/mol. The fourth-order valence-corrected chi connectivity index (χ4v) is 2.79. The minimum absolute atomic E-state index is 0. The number of rotatable bonds is 5. The summed E-state index contributed by atoms with van der Waals surface area (Å²) in [5, 5.41) is 2.71. The molecule has 2 atom stereocenters. The second-order valence-electron chi connectivity index (χ2n) is 5.91.